The summed E-state index contributed by atoms with van der Waals surface area (Å²) in [7, 11) is 0. The van der Waals surface area contributed by atoms with Gasteiger partial charge >= 0.3 is 0 Å². The second-order valence-corrected chi connectivity index (χ2v) is 4.50. The molecule has 0 aromatic heterocycles. The van der Waals surface area contributed by atoms with Gasteiger partial charge in [-0.05, 0) is 12.1 Å². The van der Waals surface area contributed by atoms with E-state index in [1.54, 1.807) is 12.1 Å². The Labute approximate surface area is 115 Å². The van der Waals surface area contributed by atoms with Crippen molar-refractivity contribution < 1.29 is 19.0 Å². The average Bonchev–Trinajstić information content (AvgIpc) is 2.93. The molecule has 4 nitrogen and oxygen atoms in total. The Morgan fingerprint density at radius 2 is 1.80 bits per heavy atom. The molecule has 0 amide bonds. The van der Waals surface area contributed by atoms with Crippen LogP contribution in [0.2, 0.25) is 0 Å². The molecule has 0 fully saturated rings. The van der Waals surface area contributed by atoms with Crippen molar-refractivity contribution in [3.05, 3.63) is 53.3 Å². The summed E-state index contributed by atoms with van der Waals surface area (Å²) in [6.07, 6.45) is 0. The van der Waals surface area contributed by atoms with E-state index in [9.17, 15) is 9.50 Å². The molecule has 0 bridgehead atoms. The standard InChI is InChI=1S/C15H14FNO3/c16-12-5-1-3-10(14(12)18)7-17-8-11-4-2-6-13-15(11)20-9-19-13/h1-6,17-18H,7-9H2. The predicted octanol–water partition coefficient (Wildman–Crippen LogP) is 2.55. The molecule has 0 saturated carbocycles. The minimum Gasteiger partial charge on any atom is -0.505 e. The summed E-state index contributed by atoms with van der Waals surface area (Å²) in [5.74, 6) is 0.556. The Morgan fingerprint density at radius 3 is 2.70 bits per heavy atom. The summed E-state index contributed by atoms with van der Waals surface area (Å²) < 4.78 is 23.9. The Kier molecular flexibility index (Phi) is 3.43. The summed E-state index contributed by atoms with van der Waals surface area (Å²) >= 11 is 0. The SMILES string of the molecule is Oc1c(F)cccc1CNCc1cccc2c1OCO2. The van der Waals surface area contributed by atoms with Crippen LogP contribution < -0.4 is 14.8 Å². The highest BCUT2D eigenvalue weighted by Gasteiger charge is 2.16. The predicted molar refractivity (Wildman–Crippen MR) is 71.2 cm³/mol. The van der Waals surface area contributed by atoms with Crippen molar-refractivity contribution in [2.75, 3.05) is 6.79 Å². The molecular weight excluding hydrogens is 261 g/mol. The fraction of sp³-hybridized carbons (Fsp3) is 0.200. The zero-order valence-electron chi connectivity index (χ0n) is 10.7. The second-order valence-electron chi connectivity index (χ2n) is 4.50. The van der Waals surface area contributed by atoms with E-state index in [0.29, 0.717) is 18.7 Å². The summed E-state index contributed by atoms with van der Waals surface area (Å²) in [5, 5.41) is 12.7. The van der Waals surface area contributed by atoms with Gasteiger partial charge < -0.3 is 19.9 Å². The van der Waals surface area contributed by atoms with Crippen LogP contribution in [0.1, 0.15) is 11.1 Å². The van der Waals surface area contributed by atoms with Gasteiger partial charge in [-0.25, -0.2) is 4.39 Å². The maximum Gasteiger partial charge on any atom is 0.231 e. The van der Waals surface area contributed by atoms with Crippen LogP contribution in [0.3, 0.4) is 0 Å². The Morgan fingerprint density at radius 1 is 1.05 bits per heavy atom. The third-order valence-corrected chi connectivity index (χ3v) is 3.18. The zero-order valence-corrected chi connectivity index (χ0v) is 10.7. The van der Waals surface area contributed by atoms with E-state index in [2.05, 4.69) is 5.32 Å². The summed E-state index contributed by atoms with van der Waals surface area (Å²) in [6.45, 7) is 1.15. The van der Waals surface area contributed by atoms with Crippen molar-refractivity contribution in [3.8, 4) is 17.2 Å². The molecule has 0 saturated heterocycles. The van der Waals surface area contributed by atoms with Gasteiger partial charge in [0.15, 0.2) is 23.1 Å². The largest absolute Gasteiger partial charge is 0.505 e. The molecule has 1 aliphatic rings. The molecule has 2 N–H and O–H groups in total. The van der Waals surface area contributed by atoms with Crippen molar-refractivity contribution >= 4 is 0 Å². The summed E-state index contributed by atoms with van der Waals surface area (Å²) in [5.41, 5.74) is 1.49. The molecule has 5 heteroatoms. The van der Waals surface area contributed by atoms with E-state index in [-0.39, 0.29) is 12.5 Å². The summed E-state index contributed by atoms with van der Waals surface area (Å²) in [6, 6.07) is 10.2. The van der Waals surface area contributed by atoms with Crippen molar-refractivity contribution in [1.82, 2.24) is 5.32 Å². The number of ether oxygens (including phenoxy) is 2. The monoisotopic (exact) mass is 275 g/mol. The second kappa shape index (κ2) is 5.38. The van der Waals surface area contributed by atoms with E-state index in [4.69, 9.17) is 9.47 Å². The van der Waals surface area contributed by atoms with Crippen molar-refractivity contribution in [3.63, 3.8) is 0 Å². The van der Waals surface area contributed by atoms with Crippen LogP contribution in [0.15, 0.2) is 36.4 Å². The smallest absolute Gasteiger partial charge is 0.231 e. The van der Waals surface area contributed by atoms with Crippen LogP contribution in [-0.2, 0) is 13.1 Å². The normalized spacial score (nSPS) is 12.7. The number of para-hydroxylation sites is 2. The van der Waals surface area contributed by atoms with Gasteiger partial charge in [-0.1, -0.05) is 24.3 Å². The molecule has 3 rings (SSSR count). The minimum atomic E-state index is -0.610. The van der Waals surface area contributed by atoms with Crippen molar-refractivity contribution in [2.45, 2.75) is 13.1 Å². The topological polar surface area (TPSA) is 50.7 Å². The molecule has 0 aliphatic carbocycles. The van der Waals surface area contributed by atoms with Crippen LogP contribution in [0.4, 0.5) is 4.39 Å². The molecule has 1 heterocycles. The molecular formula is C15H14FNO3. The molecule has 0 unspecified atom stereocenters. The first kappa shape index (κ1) is 12.7. The highest BCUT2D eigenvalue weighted by molar-refractivity contribution is 5.48. The first-order valence-corrected chi connectivity index (χ1v) is 6.30. The summed E-state index contributed by atoms with van der Waals surface area (Å²) in [4.78, 5) is 0. The number of aromatic hydroxyl groups is 1. The average molecular weight is 275 g/mol. The number of phenolic OH excluding ortho intramolecular Hbond substituents is 1. The molecule has 2 aromatic rings. The van der Waals surface area contributed by atoms with Crippen LogP contribution >= 0.6 is 0 Å². The lowest BCUT2D eigenvalue weighted by Crippen LogP contribution is -2.13. The number of hydrogen-bond acceptors (Lipinski definition) is 4. The number of nitrogens with one attached hydrogen (secondary N) is 1. The van der Waals surface area contributed by atoms with Gasteiger partial charge in [0.05, 0.1) is 0 Å². The van der Waals surface area contributed by atoms with Crippen LogP contribution in [0.25, 0.3) is 0 Å². The quantitative estimate of drug-likeness (QED) is 0.900. The Hall–Kier alpha value is -2.27. The number of halogens is 1. The Balaban J connectivity index is 1.66. The van der Waals surface area contributed by atoms with Crippen LogP contribution in [0, 0.1) is 5.82 Å². The van der Waals surface area contributed by atoms with E-state index < -0.39 is 5.82 Å². The lowest BCUT2D eigenvalue weighted by molar-refractivity contribution is 0.173. The fourth-order valence-corrected chi connectivity index (χ4v) is 2.16. The number of rotatable bonds is 4. The van der Waals surface area contributed by atoms with E-state index in [0.717, 1.165) is 17.1 Å². The van der Waals surface area contributed by atoms with E-state index >= 15 is 0 Å². The molecule has 0 radical (unpaired) electrons. The molecule has 1 aliphatic heterocycles. The number of hydrogen-bond donors (Lipinski definition) is 2. The van der Waals surface area contributed by atoms with Crippen molar-refractivity contribution in [1.29, 1.82) is 0 Å². The maximum atomic E-state index is 13.2. The van der Waals surface area contributed by atoms with Crippen LogP contribution in [0.5, 0.6) is 17.2 Å². The van der Waals surface area contributed by atoms with Gasteiger partial charge in [0.2, 0.25) is 6.79 Å². The van der Waals surface area contributed by atoms with Crippen LogP contribution in [-0.4, -0.2) is 11.9 Å². The third-order valence-electron chi connectivity index (χ3n) is 3.18. The lowest BCUT2D eigenvalue weighted by atomic mass is 10.1. The number of fused-ring (bicyclic) bond motifs is 1. The van der Waals surface area contributed by atoms with Gasteiger partial charge in [-0.2, -0.15) is 0 Å². The zero-order chi connectivity index (χ0) is 13.9. The lowest BCUT2D eigenvalue weighted by Gasteiger charge is -2.09. The first-order chi connectivity index (χ1) is 9.75. The van der Waals surface area contributed by atoms with Gasteiger partial charge in [-0.3, -0.25) is 0 Å². The first-order valence-electron chi connectivity index (χ1n) is 6.30. The van der Waals surface area contributed by atoms with Gasteiger partial charge in [0.25, 0.3) is 0 Å². The number of benzene rings is 2. The minimum absolute atomic E-state index is 0.233. The molecule has 2 aromatic carbocycles. The highest BCUT2D eigenvalue weighted by atomic mass is 19.1. The molecule has 0 atom stereocenters. The Bertz CT molecular complexity index is 631. The molecule has 104 valence electrons. The van der Waals surface area contributed by atoms with Crippen molar-refractivity contribution in [2.24, 2.45) is 0 Å². The third kappa shape index (κ3) is 2.40. The highest BCUT2D eigenvalue weighted by Crippen LogP contribution is 2.35. The van der Waals surface area contributed by atoms with E-state index in [1.165, 1.54) is 6.07 Å². The number of phenols is 1. The molecule has 20 heavy (non-hydrogen) atoms. The maximum absolute atomic E-state index is 13.2. The van der Waals surface area contributed by atoms with Gasteiger partial charge in [-0.15, -0.1) is 0 Å². The molecule has 0 spiro atoms. The van der Waals surface area contributed by atoms with E-state index in [1.807, 2.05) is 18.2 Å². The van der Waals surface area contributed by atoms with Gasteiger partial charge in [0, 0.05) is 24.2 Å². The fourth-order valence-electron chi connectivity index (χ4n) is 2.16. The van der Waals surface area contributed by atoms with Gasteiger partial charge in [0.1, 0.15) is 0 Å².